The molecule has 2 aromatic heterocycles. The second kappa shape index (κ2) is 6.50. The van der Waals surface area contributed by atoms with Crippen LogP contribution in [0.2, 0.25) is 0 Å². The first-order chi connectivity index (χ1) is 10.1. The molecule has 0 amide bonds. The number of thiophene rings is 2. The maximum atomic E-state index is 2.44. The Morgan fingerprint density at radius 2 is 1.67 bits per heavy atom. The SMILES string of the molecule is Cc1cc(/C=C/c2sc(C3CCCCC3)cc2C)sc1C. The van der Waals surface area contributed by atoms with Crippen molar-refractivity contribution in [3.63, 3.8) is 0 Å². The van der Waals surface area contributed by atoms with E-state index in [1.54, 1.807) is 4.88 Å². The molecule has 0 atom stereocenters. The Bertz CT molecular complexity index is 617. The molecule has 21 heavy (non-hydrogen) atoms. The molecular formula is C19H24S2. The second-order valence-corrected chi connectivity index (χ2v) is 8.66. The summed E-state index contributed by atoms with van der Waals surface area (Å²) in [5, 5.41) is 0. The predicted octanol–water partition coefficient (Wildman–Crippen LogP) is 6.95. The van der Waals surface area contributed by atoms with Crippen LogP contribution in [0.3, 0.4) is 0 Å². The fourth-order valence-corrected chi connectivity index (χ4v) is 5.31. The van der Waals surface area contributed by atoms with Gasteiger partial charge < -0.3 is 0 Å². The van der Waals surface area contributed by atoms with Crippen LogP contribution in [0.5, 0.6) is 0 Å². The van der Waals surface area contributed by atoms with Crippen molar-refractivity contribution in [3.05, 3.63) is 42.8 Å². The summed E-state index contributed by atoms with van der Waals surface area (Å²) in [5.74, 6) is 0.829. The van der Waals surface area contributed by atoms with E-state index in [9.17, 15) is 0 Å². The lowest BCUT2D eigenvalue weighted by molar-refractivity contribution is 0.448. The van der Waals surface area contributed by atoms with Crippen molar-refractivity contribution in [3.8, 4) is 0 Å². The minimum absolute atomic E-state index is 0.829. The molecule has 2 aromatic rings. The molecular weight excluding hydrogens is 292 g/mol. The fourth-order valence-electron chi connectivity index (χ4n) is 3.12. The average Bonchev–Trinajstić information content (AvgIpc) is 3.01. The largest absolute Gasteiger partial charge is 0.141 e. The van der Waals surface area contributed by atoms with Crippen LogP contribution < -0.4 is 0 Å². The van der Waals surface area contributed by atoms with Crippen LogP contribution in [0.15, 0.2) is 12.1 Å². The number of hydrogen-bond donors (Lipinski definition) is 0. The highest BCUT2D eigenvalue weighted by Crippen LogP contribution is 2.38. The maximum Gasteiger partial charge on any atom is 0.0303 e. The molecule has 2 heteroatoms. The average molecular weight is 317 g/mol. The molecule has 3 rings (SSSR count). The lowest BCUT2D eigenvalue weighted by atomic mass is 9.88. The van der Waals surface area contributed by atoms with Gasteiger partial charge in [-0.05, 0) is 74.9 Å². The standard InChI is InChI=1S/C19H24S2/c1-13-11-17(20-15(13)3)9-10-18-14(2)12-19(21-18)16-7-5-4-6-8-16/h9-12,16H,4-8H2,1-3H3/b10-9+. The first kappa shape index (κ1) is 15.1. The van der Waals surface area contributed by atoms with Crippen LogP contribution in [0.1, 0.15) is 68.7 Å². The van der Waals surface area contributed by atoms with Gasteiger partial charge in [0.1, 0.15) is 0 Å². The Labute approximate surface area is 136 Å². The van der Waals surface area contributed by atoms with Crippen LogP contribution >= 0.6 is 22.7 Å². The summed E-state index contributed by atoms with van der Waals surface area (Å²) in [6, 6.07) is 4.73. The van der Waals surface area contributed by atoms with Crippen LogP contribution in [0.4, 0.5) is 0 Å². The van der Waals surface area contributed by atoms with Crippen molar-refractivity contribution in [1.82, 2.24) is 0 Å². The summed E-state index contributed by atoms with van der Waals surface area (Å²) in [4.78, 5) is 5.86. The Morgan fingerprint density at radius 3 is 2.33 bits per heavy atom. The highest BCUT2D eigenvalue weighted by Gasteiger charge is 2.18. The van der Waals surface area contributed by atoms with Gasteiger partial charge in [0, 0.05) is 19.5 Å². The van der Waals surface area contributed by atoms with Crippen molar-refractivity contribution in [2.24, 2.45) is 0 Å². The van der Waals surface area contributed by atoms with Crippen LogP contribution in [-0.4, -0.2) is 0 Å². The molecule has 112 valence electrons. The third-order valence-electron chi connectivity index (χ3n) is 4.57. The minimum atomic E-state index is 0.829. The molecule has 1 aliphatic carbocycles. The molecule has 1 aliphatic rings. The van der Waals surface area contributed by atoms with E-state index in [-0.39, 0.29) is 0 Å². The first-order valence-corrected chi connectivity index (χ1v) is 9.62. The van der Waals surface area contributed by atoms with Gasteiger partial charge in [-0.2, -0.15) is 0 Å². The molecule has 1 saturated carbocycles. The lowest BCUT2D eigenvalue weighted by Gasteiger charge is -2.19. The summed E-state index contributed by atoms with van der Waals surface area (Å²) in [7, 11) is 0. The summed E-state index contributed by atoms with van der Waals surface area (Å²) >= 11 is 3.91. The number of rotatable bonds is 3. The van der Waals surface area contributed by atoms with E-state index < -0.39 is 0 Å². The van der Waals surface area contributed by atoms with E-state index >= 15 is 0 Å². The molecule has 0 aromatic carbocycles. The molecule has 0 bridgehead atoms. The minimum Gasteiger partial charge on any atom is -0.141 e. The maximum absolute atomic E-state index is 2.44. The molecule has 0 radical (unpaired) electrons. The van der Waals surface area contributed by atoms with Gasteiger partial charge in [-0.1, -0.05) is 19.3 Å². The van der Waals surface area contributed by atoms with Gasteiger partial charge in [0.05, 0.1) is 0 Å². The summed E-state index contributed by atoms with van der Waals surface area (Å²) in [6.07, 6.45) is 11.7. The molecule has 1 fully saturated rings. The van der Waals surface area contributed by atoms with Crippen LogP contribution in [0, 0.1) is 20.8 Å². The highest BCUT2D eigenvalue weighted by atomic mass is 32.1. The van der Waals surface area contributed by atoms with Gasteiger partial charge in [-0.15, -0.1) is 22.7 Å². The van der Waals surface area contributed by atoms with E-state index in [0.29, 0.717) is 0 Å². The van der Waals surface area contributed by atoms with E-state index in [2.05, 4.69) is 45.1 Å². The third kappa shape index (κ3) is 3.49. The Hall–Kier alpha value is -0.860. The summed E-state index contributed by atoms with van der Waals surface area (Å²) in [5.41, 5.74) is 2.85. The van der Waals surface area contributed by atoms with Gasteiger partial charge in [0.15, 0.2) is 0 Å². The fraction of sp³-hybridized carbons (Fsp3) is 0.474. The highest BCUT2D eigenvalue weighted by molar-refractivity contribution is 7.14. The number of hydrogen-bond acceptors (Lipinski definition) is 2. The van der Waals surface area contributed by atoms with E-state index in [0.717, 1.165) is 5.92 Å². The number of aryl methyl sites for hydroxylation is 3. The smallest absolute Gasteiger partial charge is 0.0303 e. The van der Waals surface area contributed by atoms with E-state index in [1.807, 2.05) is 22.7 Å². The zero-order valence-corrected chi connectivity index (χ0v) is 14.9. The molecule has 0 nitrogen and oxygen atoms in total. The van der Waals surface area contributed by atoms with E-state index in [4.69, 9.17) is 0 Å². The monoisotopic (exact) mass is 316 g/mol. The van der Waals surface area contributed by atoms with Gasteiger partial charge in [-0.3, -0.25) is 0 Å². The Balaban J connectivity index is 1.77. The van der Waals surface area contributed by atoms with Crippen molar-refractivity contribution in [2.45, 2.75) is 58.8 Å². The zero-order chi connectivity index (χ0) is 14.8. The van der Waals surface area contributed by atoms with E-state index in [1.165, 1.54) is 57.9 Å². The third-order valence-corrected chi connectivity index (χ3v) is 7.05. The molecule has 0 aliphatic heterocycles. The Kier molecular flexibility index (Phi) is 4.66. The molecule has 0 N–H and O–H groups in total. The van der Waals surface area contributed by atoms with Crippen molar-refractivity contribution in [1.29, 1.82) is 0 Å². The summed E-state index contributed by atoms with van der Waals surface area (Å²) in [6.45, 7) is 6.66. The van der Waals surface area contributed by atoms with Crippen molar-refractivity contribution >= 4 is 34.8 Å². The van der Waals surface area contributed by atoms with Crippen LogP contribution in [0.25, 0.3) is 12.2 Å². The zero-order valence-electron chi connectivity index (χ0n) is 13.2. The predicted molar refractivity (Wildman–Crippen MR) is 97.6 cm³/mol. The van der Waals surface area contributed by atoms with Crippen LogP contribution in [-0.2, 0) is 0 Å². The van der Waals surface area contributed by atoms with Gasteiger partial charge in [0.25, 0.3) is 0 Å². The molecule has 0 unspecified atom stereocenters. The molecule has 0 saturated heterocycles. The first-order valence-electron chi connectivity index (χ1n) is 7.99. The molecule has 2 heterocycles. The topological polar surface area (TPSA) is 0 Å². The Morgan fingerprint density at radius 1 is 0.905 bits per heavy atom. The second-order valence-electron chi connectivity index (χ2n) is 6.25. The molecule has 0 spiro atoms. The van der Waals surface area contributed by atoms with Gasteiger partial charge >= 0.3 is 0 Å². The van der Waals surface area contributed by atoms with Crippen molar-refractivity contribution < 1.29 is 0 Å². The normalized spacial score (nSPS) is 16.9. The van der Waals surface area contributed by atoms with Crippen molar-refractivity contribution in [2.75, 3.05) is 0 Å². The van der Waals surface area contributed by atoms with Gasteiger partial charge in [-0.25, -0.2) is 0 Å². The quantitative estimate of drug-likeness (QED) is 0.574. The van der Waals surface area contributed by atoms with Gasteiger partial charge in [0.2, 0.25) is 0 Å². The summed E-state index contributed by atoms with van der Waals surface area (Å²) < 4.78 is 0. The lowest BCUT2D eigenvalue weighted by Crippen LogP contribution is -2.02.